The number of carbonyl (C=O) groups is 1. The fourth-order valence-corrected chi connectivity index (χ4v) is 1.29. The van der Waals surface area contributed by atoms with Crippen LogP contribution < -0.4 is 0 Å². The summed E-state index contributed by atoms with van der Waals surface area (Å²) in [5.74, 6) is -0.733. The molecule has 11 heavy (non-hydrogen) atoms. The third-order valence-electron chi connectivity index (χ3n) is 1.94. The third-order valence-corrected chi connectivity index (χ3v) is 1.94. The highest BCUT2D eigenvalue weighted by molar-refractivity contribution is 5.69. The lowest BCUT2D eigenvalue weighted by Crippen LogP contribution is -2.29. The van der Waals surface area contributed by atoms with Gasteiger partial charge in [0.15, 0.2) is 0 Å². The summed E-state index contributed by atoms with van der Waals surface area (Å²) in [6.07, 6.45) is 0. The van der Waals surface area contributed by atoms with Crippen LogP contribution in [-0.2, 0) is 4.79 Å². The van der Waals surface area contributed by atoms with Gasteiger partial charge in [0, 0.05) is 13.1 Å². The molecule has 1 rings (SSSR count). The summed E-state index contributed by atoms with van der Waals surface area (Å²) < 4.78 is 0. The molecule has 0 aromatic heterocycles. The highest BCUT2D eigenvalue weighted by Gasteiger charge is 2.19. The van der Waals surface area contributed by atoms with Crippen molar-refractivity contribution in [2.24, 2.45) is 0 Å². The van der Waals surface area contributed by atoms with Crippen molar-refractivity contribution in [3.63, 3.8) is 0 Å². The van der Waals surface area contributed by atoms with Crippen LogP contribution >= 0.6 is 0 Å². The van der Waals surface area contributed by atoms with Crippen LogP contribution in [0, 0.1) is 0 Å². The molecule has 1 N–H and O–H groups in total. The zero-order valence-corrected chi connectivity index (χ0v) is 6.79. The van der Waals surface area contributed by atoms with Crippen molar-refractivity contribution in [1.82, 2.24) is 9.80 Å². The molecule has 1 aliphatic rings. The molecular weight excluding hydrogens is 144 g/mol. The monoisotopic (exact) mass is 158 g/mol. The topological polar surface area (TPSA) is 43.8 Å². The van der Waals surface area contributed by atoms with Crippen LogP contribution in [0.2, 0.25) is 0 Å². The molecule has 1 saturated heterocycles. The maximum atomic E-state index is 10.3. The average Bonchev–Trinajstić information content (AvgIpc) is 2.34. The van der Waals surface area contributed by atoms with Crippen LogP contribution in [-0.4, -0.2) is 53.7 Å². The van der Waals surface area contributed by atoms with E-state index >= 15 is 0 Å². The maximum absolute atomic E-state index is 10.3. The predicted molar refractivity (Wildman–Crippen MR) is 41.3 cm³/mol. The van der Waals surface area contributed by atoms with Crippen molar-refractivity contribution < 1.29 is 9.90 Å². The van der Waals surface area contributed by atoms with Gasteiger partial charge in [0.25, 0.3) is 0 Å². The van der Waals surface area contributed by atoms with Gasteiger partial charge < -0.3 is 5.11 Å². The van der Waals surface area contributed by atoms with Gasteiger partial charge in [-0.2, -0.15) is 0 Å². The standard InChI is InChI=1S/C7H14N2O2/c1-2-8-3-4-9(6-8)5-7(10)11/h2-6H2,1H3,(H,10,11). The van der Waals surface area contributed by atoms with E-state index in [1.807, 2.05) is 4.90 Å². The van der Waals surface area contributed by atoms with Gasteiger partial charge >= 0.3 is 5.97 Å². The molecule has 0 aromatic rings. The normalized spacial score (nSPS) is 20.8. The molecule has 0 aromatic carbocycles. The Bertz CT molecular complexity index is 149. The van der Waals surface area contributed by atoms with Crippen molar-refractivity contribution >= 4 is 5.97 Å². The Labute approximate surface area is 66.4 Å². The van der Waals surface area contributed by atoms with E-state index in [2.05, 4.69) is 11.8 Å². The summed E-state index contributed by atoms with van der Waals surface area (Å²) in [6.45, 7) is 5.98. The SMILES string of the molecule is CCN1CCN(CC(=O)O)C1. The first-order valence-corrected chi connectivity index (χ1v) is 3.89. The van der Waals surface area contributed by atoms with Crippen LogP contribution in [0.25, 0.3) is 0 Å². The van der Waals surface area contributed by atoms with Crippen molar-refractivity contribution in [3.8, 4) is 0 Å². The van der Waals surface area contributed by atoms with Crippen LogP contribution in [0.1, 0.15) is 6.92 Å². The summed E-state index contributed by atoms with van der Waals surface area (Å²) in [5.41, 5.74) is 0. The molecule has 1 heterocycles. The fraction of sp³-hybridized carbons (Fsp3) is 0.857. The molecule has 1 aliphatic heterocycles. The summed E-state index contributed by atoms with van der Waals surface area (Å²) in [6, 6.07) is 0. The number of hydrogen-bond donors (Lipinski definition) is 1. The number of carboxylic acids is 1. The minimum atomic E-state index is -0.733. The van der Waals surface area contributed by atoms with Gasteiger partial charge in [-0.25, -0.2) is 0 Å². The van der Waals surface area contributed by atoms with Gasteiger partial charge in [-0.3, -0.25) is 14.6 Å². The van der Waals surface area contributed by atoms with Gasteiger partial charge in [-0.1, -0.05) is 6.92 Å². The van der Waals surface area contributed by atoms with E-state index in [1.165, 1.54) is 0 Å². The van der Waals surface area contributed by atoms with Gasteiger partial charge in [0.2, 0.25) is 0 Å². The summed E-state index contributed by atoms with van der Waals surface area (Å²) in [7, 11) is 0. The molecule has 0 aliphatic carbocycles. The second kappa shape index (κ2) is 3.69. The first kappa shape index (κ1) is 8.49. The number of likely N-dealkylation sites (N-methyl/N-ethyl adjacent to an activating group) is 1. The zero-order chi connectivity index (χ0) is 8.27. The Kier molecular flexibility index (Phi) is 2.84. The van der Waals surface area contributed by atoms with Gasteiger partial charge in [-0.15, -0.1) is 0 Å². The Morgan fingerprint density at radius 2 is 2.09 bits per heavy atom. The summed E-state index contributed by atoms with van der Waals surface area (Å²) >= 11 is 0. The molecule has 0 spiro atoms. The van der Waals surface area contributed by atoms with Gasteiger partial charge in [0.1, 0.15) is 0 Å². The Morgan fingerprint density at radius 3 is 2.55 bits per heavy atom. The maximum Gasteiger partial charge on any atom is 0.317 e. The van der Waals surface area contributed by atoms with Crippen molar-refractivity contribution in [2.75, 3.05) is 32.8 Å². The molecule has 4 heteroatoms. The van der Waals surface area contributed by atoms with E-state index < -0.39 is 5.97 Å². The molecule has 4 nitrogen and oxygen atoms in total. The van der Waals surface area contributed by atoms with Crippen LogP contribution in [0.15, 0.2) is 0 Å². The smallest absolute Gasteiger partial charge is 0.317 e. The average molecular weight is 158 g/mol. The molecule has 0 atom stereocenters. The quantitative estimate of drug-likeness (QED) is 0.610. The van der Waals surface area contributed by atoms with E-state index in [9.17, 15) is 4.79 Å². The van der Waals surface area contributed by atoms with Crippen LogP contribution in [0.4, 0.5) is 0 Å². The summed E-state index contributed by atoms with van der Waals surface area (Å²) in [4.78, 5) is 14.5. The van der Waals surface area contributed by atoms with E-state index in [1.54, 1.807) is 0 Å². The second-order valence-corrected chi connectivity index (χ2v) is 2.80. The zero-order valence-electron chi connectivity index (χ0n) is 6.79. The predicted octanol–water partition coefficient (Wildman–Crippen LogP) is -0.334. The molecule has 0 radical (unpaired) electrons. The first-order valence-electron chi connectivity index (χ1n) is 3.89. The van der Waals surface area contributed by atoms with Crippen molar-refractivity contribution in [1.29, 1.82) is 0 Å². The number of rotatable bonds is 3. The van der Waals surface area contributed by atoms with E-state index in [0.29, 0.717) is 0 Å². The highest BCUT2D eigenvalue weighted by atomic mass is 16.4. The largest absolute Gasteiger partial charge is 0.480 e. The molecule has 1 fully saturated rings. The van der Waals surface area contributed by atoms with Crippen molar-refractivity contribution in [3.05, 3.63) is 0 Å². The van der Waals surface area contributed by atoms with Gasteiger partial charge in [0.05, 0.1) is 13.2 Å². The van der Waals surface area contributed by atoms with Gasteiger partial charge in [-0.05, 0) is 6.54 Å². The van der Waals surface area contributed by atoms with Crippen molar-refractivity contribution in [2.45, 2.75) is 6.92 Å². The van der Waals surface area contributed by atoms with E-state index in [0.717, 1.165) is 26.3 Å². The molecule has 0 amide bonds. The Hall–Kier alpha value is -0.610. The Morgan fingerprint density at radius 1 is 1.45 bits per heavy atom. The first-order chi connectivity index (χ1) is 5.22. The van der Waals surface area contributed by atoms with E-state index in [4.69, 9.17) is 5.11 Å². The lowest BCUT2D eigenvalue weighted by molar-refractivity contribution is -0.138. The third kappa shape index (κ3) is 2.48. The second-order valence-electron chi connectivity index (χ2n) is 2.80. The minimum absolute atomic E-state index is 0.177. The number of nitrogens with zero attached hydrogens (tertiary/aromatic N) is 2. The number of carboxylic acid groups (broad SMARTS) is 1. The van der Waals surface area contributed by atoms with E-state index in [-0.39, 0.29) is 6.54 Å². The fourth-order valence-electron chi connectivity index (χ4n) is 1.29. The minimum Gasteiger partial charge on any atom is -0.480 e. The van der Waals surface area contributed by atoms with Crippen LogP contribution in [0.3, 0.4) is 0 Å². The lowest BCUT2D eigenvalue weighted by atomic mass is 10.5. The highest BCUT2D eigenvalue weighted by Crippen LogP contribution is 2.02. The molecule has 64 valence electrons. The Balaban J connectivity index is 2.24. The molecular formula is C7H14N2O2. The lowest BCUT2D eigenvalue weighted by Gasteiger charge is -2.13. The number of aliphatic carboxylic acids is 1. The van der Waals surface area contributed by atoms with Crippen LogP contribution in [0.5, 0.6) is 0 Å². The molecule has 0 unspecified atom stereocenters. The summed E-state index contributed by atoms with van der Waals surface area (Å²) in [5, 5.41) is 8.47. The number of hydrogen-bond acceptors (Lipinski definition) is 3. The molecule has 0 bridgehead atoms. The molecule has 0 saturated carbocycles.